The number of nitrogens with zero attached hydrogens (tertiary/aromatic N) is 2. The topological polar surface area (TPSA) is 32.8 Å². The van der Waals surface area contributed by atoms with E-state index >= 15 is 0 Å². The fraction of sp³-hybridized carbons (Fsp3) is 0.750. The Morgan fingerprint density at radius 1 is 1.38 bits per heavy atom. The number of carbonyl (C=O) groups is 1. The van der Waals surface area contributed by atoms with Gasteiger partial charge in [-0.1, -0.05) is 5.92 Å². The molecule has 1 atom stereocenters. The van der Waals surface area contributed by atoms with Crippen LogP contribution in [0.15, 0.2) is 0 Å². The molecule has 0 spiro atoms. The molecule has 4 heteroatoms. The van der Waals surface area contributed by atoms with E-state index in [1.54, 1.807) is 0 Å². The smallest absolute Gasteiger partial charge is 0.251 e. The molecule has 0 aliphatic carbocycles. The molecule has 0 bridgehead atoms. The minimum absolute atomic E-state index is 0.165. The van der Waals surface area contributed by atoms with Crippen LogP contribution in [0.5, 0.6) is 0 Å². The van der Waals surface area contributed by atoms with E-state index in [0.717, 1.165) is 45.6 Å². The molecule has 0 radical (unpaired) electrons. The monoisotopic (exact) mass is 222 g/mol. The average molecular weight is 222 g/mol. The van der Waals surface area contributed by atoms with Crippen LogP contribution in [0.3, 0.4) is 0 Å². The highest BCUT2D eigenvalue weighted by atomic mass is 16.5. The van der Waals surface area contributed by atoms with Crippen molar-refractivity contribution >= 4 is 5.91 Å². The molecule has 0 aromatic heterocycles. The lowest BCUT2D eigenvalue weighted by Gasteiger charge is -2.34. The summed E-state index contributed by atoms with van der Waals surface area (Å²) in [6.07, 6.45) is 6.97. The fourth-order valence-electron chi connectivity index (χ4n) is 2.23. The van der Waals surface area contributed by atoms with E-state index in [-0.39, 0.29) is 12.0 Å². The van der Waals surface area contributed by atoms with Crippen LogP contribution < -0.4 is 0 Å². The van der Waals surface area contributed by atoms with Crippen molar-refractivity contribution in [2.45, 2.75) is 18.9 Å². The average Bonchev–Trinajstić information content (AvgIpc) is 2.83. The van der Waals surface area contributed by atoms with Crippen LogP contribution in [-0.2, 0) is 9.53 Å². The second-order valence-electron chi connectivity index (χ2n) is 4.31. The molecular formula is C12H18N2O2. The van der Waals surface area contributed by atoms with Gasteiger partial charge in [0.25, 0.3) is 5.91 Å². The van der Waals surface area contributed by atoms with Gasteiger partial charge in [0.2, 0.25) is 0 Å². The zero-order valence-corrected chi connectivity index (χ0v) is 9.52. The van der Waals surface area contributed by atoms with E-state index in [1.807, 2.05) is 4.90 Å². The molecule has 0 aromatic carbocycles. The van der Waals surface area contributed by atoms with Gasteiger partial charge in [0, 0.05) is 32.8 Å². The Balaban J connectivity index is 1.80. The third kappa shape index (κ3) is 2.55. The zero-order valence-electron chi connectivity index (χ0n) is 9.52. The van der Waals surface area contributed by atoms with Crippen molar-refractivity contribution in [2.75, 3.05) is 39.3 Å². The standard InChI is InChI=1S/C12H18N2O2/c1-2-5-13-6-8-14(9-7-13)12(15)11-4-3-10-16-11/h1,11H,3-10H2. The van der Waals surface area contributed by atoms with Crippen LogP contribution in [0.4, 0.5) is 0 Å². The number of carbonyl (C=O) groups excluding carboxylic acids is 1. The summed E-state index contributed by atoms with van der Waals surface area (Å²) in [6.45, 7) is 4.72. The number of ether oxygens (including phenoxy) is 1. The third-order valence-electron chi connectivity index (χ3n) is 3.20. The van der Waals surface area contributed by atoms with Crippen molar-refractivity contribution < 1.29 is 9.53 Å². The summed E-state index contributed by atoms with van der Waals surface area (Å²) in [5.41, 5.74) is 0. The van der Waals surface area contributed by atoms with Crippen LogP contribution in [0, 0.1) is 12.3 Å². The maximum atomic E-state index is 12.0. The predicted octanol–water partition coefficient (Wildman–Crippen LogP) is -0.0572. The highest BCUT2D eigenvalue weighted by molar-refractivity contribution is 5.81. The zero-order chi connectivity index (χ0) is 11.4. The summed E-state index contributed by atoms with van der Waals surface area (Å²) in [7, 11) is 0. The van der Waals surface area contributed by atoms with E-state index in [4.69, 9.17) is 11.2 Å². The van der Waals surface area contributed by atoms with E-state index in [2.05, 4.69) is 10.8 Å². The fourth-order valence-corrected chi connectivity index (χ4v) is 2.23. The maximum Gasteiger partial charge on any atom is 0.251 e. The van der Waals surface area contributed by atoms with Gasteiger partial charge in [0.05, 0.1) is 6.54 Å². The van der Waals surface area contributed by atoms with Gasteiger partial charge < -0.3 is 9.64 Å². The minimum Gasteiger partial charge on any atom is -0.368 e. The van der Waals surface area contributed by atoms with Crippen LogP contribution >= 0.6 is 0 Å². The number of hydrogen-bond donors (Lipinski definition) is 0. The summed E-state index contributed by atoms with van der Waals surface area (Å²) in [4.78, 5) is 16.1. The highest BCUT2D eigenvalue weighted by Crippen LogP contribution is 2.15. The second kappa shape index (κ2) is 5.33. The van der Waals surface area contributed by atoms with Crippen LogP contribution in [-0.4, -0.2) is 61.1 Å². The SMILES string of the molecule is C#CCN1CCN(C(=O)C2CCCO2)CC1. The number of amides is 1. The summed E-state index contributed by atoms with van der Waals surface area (Å²) in [6, 6.07) is 0. The van der Waals surface area contributed by atoms with Crippen molar-refractivity contribution in [1.29, 1.82) is 0 Å². The Labute approximate surface area is 96.5 Å². The first kappa shape index (κ1) is 11.4. The molecule has 1 unspecified atom stereocenters. The maximum absolute atomic E-state index is 12.0. The van der Waals surface area contributed by atoms with Crippen LogP contribution in [0.2, 0.25) is 0 Å². The van der Waals surface area contributed by atoms with E-state index < -0.39 is 0 Å². The Kier molecular flexibility index (Phi) is 3.81. The quantitative estimate of drug-likeness (QED) is 0.614. The molecule has 2 saturated heterocycles. The normalized spacial score (nSPS) is 26.7. The molecule has 1 amide bonds. The van der Waals surface area contributed by atoms with Crippen molar-refractivity contribution in [1.82, 2.24) is 9.80 Å². The van der Waals surface area contributed by atoms with Crippen LogP contribution in [0.25, 0.3) is 0 Å². The van der Waals surface area contributed by atoms with Crippen LogP contribution in [0.1, 0.15) is 12.8 Å². The van der Waals surface area contributed by atoms with Gasteiger partial charge in [0.15, 0.2) is 0 Å². The molecule has 0 saturated carbocycles. The number of rotatable bonds is 2. The van der Waals surface area contributed by atoms with Crippen molar-refractivity contribution in [3.63, 3.8) is 0 Å². The summed E-state index contributed by atoms with van der Waals surface area (Å²) in [5.74, 6) is 2.80. The van der Waals surface area contributed by atoms with E-state index in [9.17, 15) is 4.79 Å². The molecule has 0 aromatic rings. The first-order valence-corrected chi connectivity index (χ1v) is 5.87. The van der Waals surface area contributed by atoms with Gasteiger partial charge in [-0.15, -0.1) is 6.42 Å². The predicted molar refractivity (Wildman–Crippen MR) is 60.8 cm³/mol. The second-order valence-corrected chi connectivity index (χ2v) is 4.31. The van der Waals surface area contributed by atoms with Gasteiger partial charge in [-0.25, -0.2) is 0 Å². The lowest BCUT2D eigenvalue weighted by molar-refractivity contribution is -0.142. The molecule has 16 heavy (non-hydrogen) atoms. The van der Waals surface area contributed by atoms with Gasteiger partial charge in [-0.3, -0.25) is 9.69 Å². The Bertz CT molecular complexity index is 284. The first-order chi connectivity index (χ1) is 7.81. The molecular weight excluding hydrogens is 204 g/mol. The molecule has 88 valence electrons. The largest absolute Gasteiger partial charge is 0.368 e. The Morgan fingerprint density at radius 3 is 2.69 bits per heavy atom. The highest BCUT2D eigenvalue weighted by Gasteiger charge is 2.29. The van der Waals surface area contributed by atoms with Gasteiger partial charge in [0.1, 0.15) is 6.10 Å². The number of hydrogen-bond acceptors (Lipinski definition) is 3. The van der Waals surface area contributed by atoms with Crippen molar-refractivity contribution in [2.24, 2.45) is 0 Å². The molecule has 0 N–H and O–H groups in total. The van der Waals surface area contributed by atoms with Crippen molar-refractivity contribution in [3.8, 4) is 12.3 Å². The minimum atomic E-state index is -0.181. The van der Waals surface area contributed by atoms with E-state index in [1.165, 1.54) is 0 Å². The summed E-state index contributed by atoms with van der Waals surface area (Å²) in [5, 5.41) is 0. The van der Waals surface area contributed by atoms with E-state index in [0.29, 0.717) is 6.54 Å². The molecule has 2 heterocycles. The number of terminal acetylenes is 1. The molecule has 2 fully saturated rings. The lowest BCUT2D eigenvalue weighted by Crippen LogP contribution is -2.51. The Hall–Kier alpha value is -1.05. The summed E-state index contributed by atoms with van der Waals surface area (Å²) >= 11 is 0. The van der Waals surface area contributed by atoms with Gasteiger partial charge >= 0.3 is 0 Å². The van der Waals surface area contributed by atoms with Gasteiger partial charge in [-0.2, -0.15) is 0 Å². The molecule has 2 rings (SSSR count). The first-order valence-electron chi connectivity index (χ1n) is 5.87. The number of piperazine rings is 1. The Morgan fingerprint density at radius 2 is 2.12 bits per heavy atom. The molecule has 4 nitrogen and oxygen atoms in total. The van der Waals surface area contributed by atoms with Gasteiger partial charge in [-0.05, 0) is 12.8 Å². The third-order valence-corrected chi connectivity index (χ3v) is 3.20. The summed E-state index contributed by atoms with van der Waals surface area (Å²) < 4.78 is 5.41. The van der Waals surface area contributed by atoms with Crippen molar-refractivity contribution in [3.05, 3.63) is 0 Å². The molecule has 2 aliphatic heterocycles. The molecule has 2 aliphatic rings. The lowest BCUT2D eigenvalue weighted by atomic mass is 10.2.